The second kappa shape index (κ2) is 6.63. The van der Waals surface area contributed by atoms with Crippen molar-refractivity contribution < 1.29 is 4.74 Å². The Bertz CT molecular complexity index is 317. The van der Waals surface area contributed by atoms with E-state index < -0.39 is 0 Å². The summed E-state index contributed by atoms with van der Waals surface area (Å²) in [4.78, 5) is 0. The Kier molecular flexibility index (Phi) is 5.82. The average molecular weight is 337 g/mol. The van der Waals surface area contributed by atoms with Crippen molar-refractivity contribution in [3.63, 3.8) is 0 Å². The fourth-order valence-corrected chi connectivity index (χ4v) is 2.16. The second-order valence-corrected chi connectivity index (χ2v) is 5.12. The van der Waals surface area contributed by atoms with Gasteiger partial charge in [0.05, 0.1) is 12.6 Å². The molecule has 2 nitrogen and oxygen atoms in total. The summed E-state index contributed by atoms with van der Waals surface area (Å²) in [6, 6.07) is 5.90. The number of nitrogens with two attached hydrogens (primary N) is 1. The molecule has 1 aromatic carbocycles. The number of hydrogen-bond acceptors (Lipinski definition) is 2. The predicted molar refractivity (Wildman–Crippen MR) is 69.9 cm³/mol. The molecule has 0 heterocycles. The number of hydrogen-bond donors (Lipinski definition) is 1. The van der Waals surface area contributed by atoms with Crippen molar-refractivity contribution in [1.82, 2.24) is 0 Å². The van der Waals surface area contributed by atoms with Crippen LogP contribution in [-0.4, -0.2) is 13.2 Å². The van der Waals surface area contributed by atoms with Crippen LogP contribution in [0.5, 0.6) is 0 Å². The number of rotatable bonds is 5. The molecule has 0 amide bonds. The Hall–Kier alpha value is 0.1000. The maximum Gasteiger partial charge on any atom is 0.0659 e. The third kappa shape index (κ3) is 4.23. The van der Waals surface area contributed by atoms with E-state index in [9.17, 15) is 0 Å². The van der Waals surface area contributed by atoms with Gasteiger partial charge in [0.15, 0.2) is 0 Å². The van der Waals surface area contributed by atoms with E-state index in [2.05, 4.69) is 38.8 Å². The molecular weight excluding hydrogens is 322 g/mol. The van der Waals surface area contributed by atoms with E-state index in [0.717, 1.165) is 27.5 Å². The van der Waals surface area contributed by atoms with Crippen LogP contribution in [0.25, 0.3) is 0 Å². The molecule has 0 saturated heterocycles. The minimum Gasteiger partial charge on any atom is -0.379 e. The Labute approximate surface area is 107 Å². The van der Waals surface area contributed by atoms with E-state index in [0.29, 0.717) is 6.61 Å². The van der Waals surface area contributed by atoms with Crippen molar-refractivity contribution in [2.24, 2.45) is 5.73 Å². The van der Waals surface area contributed by atoms with Crippen LogP contribution in [0, 0.1) is 0 Å². The number of benzene rings is 1. The SMILES string of the molecule is CCCOCC(N)c1cc(Br)ccc1Br. The zero-order valence-corrected chi connectivity index (χ0v) is 11.8. The summed E-state index contributed by atoms with van der Waals surface area (Å²) in [6.45, 7) is 3.41. The molecule has 0 radical (unpaired) electrons. The lowest BCUT2D eigenvalue weighted by atomic mass is 10.1. The van der Waals surface area contributed by atoms with Crippen molar-refractivity contribution in [3.8, 4) is 0 Å². The van der Waals surface area contributed by atoms with Crippen molar-refractivity contribution in [2.75, 3.05) is 13.2 Å². The van der Waals surface area contributed by atoms with Gasteiger partial charge in [-0.3, -0.25) is 0 Å². The molecule has 0 fully saturated rings. The molecule has 15 heavy (non-hydrogen) atoms. The molecule has 1 aromatic rings. The molecule has 1 unspecified atom stereocenters. The third-order valence-electron chi connectivity index (χ3n) is 2.00. The Morgan fingerprint density at radius 3 is 2.80 bits per heavy atom. The molecule has 2 N–H and O–H groups in total. The standard InChI is InChI=1S/C11H15Br2NO/c1-2-5-15-7-11(14)9-6-8(12)3-4-10(9)13/h3-4,6,11H,2,5,7,14H2,1H3. The first-order valence-electron chi connectivity index (χ1n) is 4.93. The summed E-state index contributed by atoms with van der Waals surface area (Å²) >= 11 is 6.91. The summed E-state index contributed by atoms with van der Waals surface area (Å²) in [6.07, 6.45) is 1.02. The molecule has 0 aromatic heterocycles. The van der Waals surface area contributed by atoms with Gasteiger partial charge in [0.25, 0.3) is 0 Å². The summed E-state index contributed by atoms with van der Waals surface area (Å²) in [7, 11) is 0. The zero-order chi connectivity index (χ0) is 11.3. The second-order valence-electron chi connectivity index (χ2n) is 3.35. The molecule has 0 spiro atoms. The molecular formula is C11H15Br2NO. The predicted octanol–water partition coefficient (Wildman–Crippen LogP) is 3.64. The van der Waals surface area contributed by atoms with Gasteiger partial charge in [-0.15, -0.1) is 0 Å². The van der Waals surface area contributed by atoms with E-state index in [4.69, 9.17) is 10.5 Å². The van der Waals surface area contributed by atoms with Crippen LogP contribution < -0.4 is 5.73 Å². The van der Waals surface area contributed by atoms with Crippen molar-refractivity contribution >= 4 is 31.9 Å². The van der Waals surface area contributed by atoms with Gasteiger partial charge < -0.3 is 10.5 Å². The molecule has 0 saturated carbocycles. The lowest BCUT2D eigenvalue weighted by Gasteiger charge is -2.14. The van der Waals surface area contributed by atoms with Crippen LogP contribution in [0.3, 0.4) is 0 Å². The van der Waals surface area contributed by atoms with E-state index in [-0.39, 0.29) is 6.04 Å². The van der Waals surface area contributed by atoms with Gasteiger partial charge in [-0.1, -0.05) is 38.8 Å². The highest BCUT2D eigenvalue weighted by atomic mass is 79.9. The summed E-state index contributed by atoms with van der Waals surface area (Å²) in [5, 5.41) is 0. The van der Waals surface area contributed by atoms with Gasteiger partial charge in [-0.2, -0.15) is 0 Å². The molecule has 0 aliphatic heterocycles. The highest BCUT2D eigenvalue weighted by Gasteiger charge is 2.10. The number of ether oxygens (including phenoxy) is 1. The third-order valence-corrected chi connectivity index (χ3v) is 3.22. The molecule has 1 atom stereocenters. The van der Waals surface area contributed by atoms with Crippen molar-refractivity contribution in [1.29, 1.82) is 0 Å². The van der Waals surface area contributed by atoms with Crippen LogP contribution in [0.15, 0.2) is 27.1 Å². The first kappa shape index (κ1) is 13.2. The first-order chi connectivity index (χ1) is 7.15. The molecule has 0 aliphatic carbocycles. The van der Waals surface area contributed by atoms with Gasteiger partial charge in [-0.05, 0) is 30.2 Å². The summed E-state index contributed by atoms with van der Waals surface area (Å²) in [5.41, 5.74) is 7.10. The highest BCUT2D eigenvalue weighted by Crippen LogP contribution is 2.25. The minimum absolute atomic E-state index is 0.0802. The summed E-state index contributed by atoms with van der Waals surface area (Å²) in [5.74, 6) is 0. The van der Waals surface area contributed by atoms with Gasteiger partial charge in [-0.25, -0.2) is 0 Å². The van der Waals surface area contributed by atoms with E-state index in [1.165, 1.54) is 0 Å². The van der Waals surface area contributed by atoms with Crippen LogP contribution in [-0.2, 0) is 4.74 Å². The maximum atomic E-state index is 6.03. The van der Waals surface area contributed by atoms with Crippen molar-refractivity contribution in [3.05, 3.63) is 32.7 Å². The molecule has 0 bridgehead atoms. The topological polar surface area (TPSA) is 35.2 Å². The van der Waals surface area contributed by atoms with Gasteiger partial charge in [0, 0.05) is 15.6 Å². The van der Waals surface area contributed by atoms with E-state index >= 15 is 0 Å². The van der Waals surface area contributed by atoms with Crippen LogP contribution in [0.2, 0.25) is 0 Å². The smallest absolute Gasteiger partial charge is 0.0659 e. The normalized spacial score (nSPS) is 12.8. The molecule has 1 rings (SSSR count). The highest BCUT2D eigenvalue weighted by molar-refractivity contribution is 9.11. The van der Waals surface area contributed by atoms with Crippen LogP contribution >= 0.6 is 31.9 Å². The molecule has 84 valence electrons. The molecule has 4 heteroatoms. The first-order valence-corrected chi connectivity index (χ1v) is 6.52. The quantitative estimate of drug-likeness (QED) is 0.833. The fourth-order valence-electron chi connectivity index (χ4n) is 1.24. The molecule has 0 aliphatic rings. The van der Waals surface area contributed by atoms with Crippen LogP contribution in [0.1, 0.15) is 24.9 Å². The average Bonchev–Trinajstić information content (AvgIpc) is 2.22. The van der Waals surface area contributed by atoms with Crippen molar-refractivity contribution in [2.45, 2.75) is 19.4 Å². The van der Waals surface area contributed by atoms with Gasteiger partial charge >= 0.3 is 0 Å². The Morgan fingerprint density at radius 1 is 1.40 bits per heavy atom. The lowest BCUT2D eigenvalue weighted by Crippen LogP contribution is -2.18. The Morgan fingerprint density at radius 2 is 2.13 bits per heavy atom. The largest absolute Gasteiger partial charge is 0.379 e. The van der Waals surface area contributed by atoms with E-state index in [1.807, 2.05) is 18.2 Å². The minimum atomic E-state index is -0.0802. The number of halogens is 2. The van der Waals surface area contributed by atoms with Crippen LogP contribution in [0.4, 0.5) is 0 Å². The zero-order valence-electron chi connectivity index (χ0n) is 8.67. The monoisotopic (exact) mass is 335 g/mol. The maximum absolute atomic E-state index is 6.03. The summed E-state index contributed by atoms with van der Waals surface area (Å²) < 4.78 is 7.49. The van der Waals surface area contributed by atoms with Gasteiger partial charge in [0.2, 0.25) is 0 Å². The van der Waals surface area contributed by atoms with Gasteiger partial charge in [0.1, 0.15) is 0 Å². The fraction of sp³-hybridized carbons (Fsp3) is 0.455. The lowest BCUT2D eigenvalue weighted by molar-refractivity contribution is 0.121. The Balaban J connectivity index is 2.64. The van der Waals surface area contributed by atoms with E-state index in [1.54, 1.807) is 0 Å².